The molecule has 0 radical (unpaired) electrons. The van der Waals surface area contributed by atoms with Crippen LogP contribution in [0.4, 0.5) is 5.69 Å². The lowest BCUT2D eigenvalue weighted by Crippen LogP contribution is -2.57. The number of imide groups is 2. The molecule has 2 unspecified atom stereocenters. The number of benzene rings is 1. The van der Waals surface area contributed by atoms with Crippen molar-refractivity contribution in [3.8, 4) is 0 Å². The normalized spacial score (nSPS) is 21.8. The van der Waals surface area contributed by atoms with Gasteiger partial charge in [0.25, 0.3) is 17.7 Å². The summed E-state index contributed by atoms with van der Waals surface area (Å²) in [5.74, 6) is -2.04. The third kappa shape index (κ3) is 2.68. The number of likely N-dealkylation sites (tertiary alicyclic amines) is 1. The van der Waals surface area contributed by atoms with E-state index >= 15 is 0 Å². The molecule has 2 aliphatic heterocycles. The molecule has 2 atom stereocenters. The van der Waals surface area contributed by atoms with Crippen LogP contribution in [0.15, 0.2) is 18.2 Å². The molecule has 0 aliphatic carbocycles. The molecule has 2 aliphatic rings. The van der Waals surface area contributed by atoms with Crippen LogP contribution in [-0.4, -0.2) is 59.2 Å². The number of anilines is 1. The van der Waals surface area contributed by atoms with Crippen molar-refractivity contribution in [2.75, 3.05) is 19.4 Å². The van der Waals surface area contributed by atoms with E-state index in [0.29, 0.717) is 0 Å². The zero-order valence-electron chi connectivity index (χ0n) is 14.0. The summed E-state index contributed by atoms with van der Waals surface area (Å²) in [6, 6.07) is 3.62. The number of piperidine rings is 1. The van der Waals surface area contributed by atoms with Gasteiger partial charge in [-0.15, -0.1) is 0 Å². The lowest BCUT2D eigenvalue weighted by atomic mass is 10.0. The van der Waals surface area contributed by atoms with Crippen molar-refractivity contribution in [3.63, 3.8) is 0 Å². The van der Waals surface area contributed by atoms with Gasteiger partial charge in [-0.05, 0) is 25.5 Å². The maximum Gasteiger partial charge on any atom is 0.264 e. The predicted octanol–water partition coefficient (Wildman–Crippen LogP) is 0.417. The molecule has 0 bridgehead atoms. The standard InChI is InChI=1S/C17H19N3O5/c1-9(25-2)8-19-13(21)7-6-12(16(19)23)20-15(22)10-4-3-5-11(18)14(10)17(20)24/h3-5,9,12H,6-8,18H2,1-2H3. The molecule has 0 spiro atoms. The van der Waals surface area contributed by atoms with Crippen molar-refractivity contribution >= 4 is 29.3 Å². The third-order valence-corrected chi connectivity index (χ3v) is 4.62. The molecule has 0 saturated carbocycles. The van der Waals surface area contributed by atoms with Gasteiger partial charge in [-0.25, -0.2) is 0 Å². The molecule has 1 fully saturated rings. The van der Waals surface area contributed by atoms with Crippen molar-refractivity contribution in [1.82, 2.24) is 9.80 Å². The first-order valence-corrected chi connectivity index (χ1v) is 8.00. The number of carbonyl (C=O) groups is 4. The van der Waals surface area contributed by atoms with Gasteiger partial charge in [-0.1, -0.05) is 6.07 Å². The van der Waals surface area contributed by atoms with Crippen molar-refractivity contribution in [2.45, 2.75) is 31.9 Å². The molecule has 2 heterocycles. The van der Waals surface area contributed by atoms with Crippen LogP contribution in [0.1, 0.15) is 40.5 Å². The smallest absolute Gasteiger partial charge is 0.264 e. The second-order valence-electron chi connectivity index (χ2n) is 6.19. The third-order valence-electron chi connectivity index (χ3n) is 4.62. The highest BCUT2D eigenvalue weighted by molar-refractivity contribution is 6.25. The summed E-state index contributed by atoms with van der Waals surface area (Å²) in [7, 11) is 1.48. The number of nitrogen functional groups attached to an aromatic ring is 1. The highest BCUT2D eigenvalue weighted by Crippen LogP contribution is 2.32. The van der Waals surface area contributed by atoms with Crippen LogP contribution in [0.2, 0.25) is 0 Å². The molecule has 132 valence electrons. The van der Waals surface area contributed by atoms with Gasteiger partial charge in [0, 0.05) is 19.2 Å². The molecule has 4 amide bonds. The van der Waals surface area contributed by atoms with Gasteiger partial charge in [0.1, 0.15) is 6.04 Å². The maximum absolute atomic E-state index is 12.8. The molecule has 2 N–H and O–H groups in total. The molecule has 1 saturated heterocycles. The number of rotatable bonds is 4. The summed E-state index contributed by atoms with van der Waals surface area (Å²) in [5, 5.41) is 0. The molecule has 25 heavy (non-hydrogen) atoms. The fourth-order valence-electron chi connectivity index (χ4n) is 3.20. The first-order valence-electron chi connectivity index (χ1n) is 8.00. The van der Waals surface area contributed by atoms with Crippen molar-refractivity contribution in [3.05, 3.63) is 29.3 Å². The molecular weight excluding hydrogens is 326 g/mol. The van der Waals surface area contributed by atoms with Crippen LogP contribution < -0.4 is 5.73 Å². The zero-order valence-corrected chi connectivity index (χ0v) is 14.0. The van der Waals surface area contributed by atoms with E-state index in [4.69, 9.17) is 10.5 Å². The van der Waals surface area contributed by atoms with Gasteiger partial charge in [0.05, 0.1) is 23.8 Å². The van der Waals surface area contributed by atoms with Gasteiger partial charge < -0.3 is 10.5 Å². The Bertz CT molecular complexity index is 776. The van der Waals surface area contributed by atoms with Gasteiger partial charge in [-0.2, -0.15) is 0 Å². The topological polar surface area (TPSA) is 110 Å². The second-order valence-corrected chi connectivity index (χ2v) is 6.19. The van der Waals surface area contributed by atoms with E-state index in [1.54, 1.807) is 13.0 Å². The largest absolute Gasteiger partial charge is 0.398 e. The minimum Gasteiger partial charge on any atom is -0.398 e. The Morgan fingerprint density at radius 3 is 2.60 bits per heavy atom. The number of nitrogens with two attached hydrogens (primary N) is 1. The first kappa shape index (κ1) is 17.1. The Morgan fingerprint density at radius 1 is 1.24 bits per heavy atom. The van der Waals surface area contributed by atoms with E-state index in [1.807, 2.05) is 0 Å². The van der Waals surface area contributed by atoms with Crippen LogP contribution in [0.3, 0.4) is 0 Å². The van der Waals surface area contributed by atoms with E-state index in [1.165, 1.54) is 19.2 Å². The van der Waals surface area contributed by atoms with E-state index in [-0.39, 0.29) is 48.2 Å². The molecule has 3 rings (SSSR count). The first-order chi connectivity index (χ1) is 11.9. The van der Waals surface area contributed by atoms with Crippen LogP contribution in [0, 0.1) is 0 Å². The number of methoxy groups -OCH3 is 1. The minimum atomic E-state index is -1.01. The van der Waals surface area contributed by atoms with Crippen molar-refractivity contribution in [1.29, 1.82) is 0 Å². The highest BCUT2D eigenvalue weighted by atomic mass is 16.5. The second kappa shape index (κ2) is 6.29. The Balaban J connectivity index is 1.91. The number of carbonyl (C=O) groups excluding carboxylic acids is 4. The fraction of sp³-hybridized carbons (Fsp3) is 0.412. The molecule has 0 aromatic heterocycles. The van der Waals surface area contributed by atoms with Gasteiger partial charge in [0.15, 0.2) is 0 Å². The summed E-state index contributed by atoms with van der Waals surface area (Å²) in [6.45, 7) is 1.81. The van der Waals surface area contributed by atoms with Gasteiger partial charge >= 0.3 is 0 Å². The van der Waals surface area contributed by atoms with Crippen LogP contribution in [0.5, 0.6) is 0 Å². The molecular formula is C17H19N3O5. The number of ether oxygens (including phenoxy) is 1. The van der Waals surface area contributed by atoms with E-state index in [2.05, 4.69) is 0 Å². The van der Waals surface area contributed by atoms with Crippen molar-refractivity contribution in [2.24, 2.45) is 0 Å². The quantitative estimate of drug-likeness (QED) is 0.625. The summed E-state index contributed by atoms with van der Waals surface area (Å²) in [5.41, 5.74) is 6.32. The van der Waals surface area contributed by atoms with E-state index in [9.17, 15) is 19.2 Å². The molecule has 8 nitrogen and oxygen atoms in total. The Hall–Kier alpha value is -2.74. The Morgan fingerprint density at radius 2 is 1.96 bits per heavy atom. The molecule has 1 aromatic rings. The van der Waals surface area contributed by atoms with Gasteiger partial charge in [0.2, 0.25) is 5.91 Å². The minimum absolute atomic E-state index is 0.0791. The van der Waals surface area contributed by atoms with E-state index in [0.717, 1.165) is 9.80 Å². The average Bonchev–Trinajstić information content (AvgIpc) is 2.84. The lowest BCUT2D eigenvalue weighted by Gasteiger charge is -2.35. The predicted molar refractivity (Wildman–Crippen MR) is 87.6 cm³/mol. The fourth-order valence-corrected chi connectivity index (χ4v) is 3.20. The average molecular weight is 345 g/mol. The van der Waals surface area contributed by atoms with Crippen molar-refractivity contribution < 1.29 is 23.9 Å². The van der Waals surface area contributed by atoms with E-state index < -0.39 is 23.8 Å². The van der Waals surface area contributed by atoms with Crippen LogP contribution >= 0.6 is 0 Å². The summed E-state index contributed by atoms with van der Waals surface area (Å²) in [6.07, 6.45) is -0.152. The van der Waals surface area contributed by atoms with Crippen LogP contribution in [0.25, 0.3) is 0 Å². The number of fused-ring (bicyclic) bond motifs is 1. The zero-order chi connectivity index (χ0) is 18.3. The number of amides is 4. The Kier molecular flexibility index (Phi) is 4.30. The molecule has 1 aromatic carbocycles. The highest BCUT2D eigenvalue weighted by Gasteiger charge is 2.47. The summed E-state index contributed by atoms with van der Waals surface area (Å²) in [4.78, 5) is 52.2. The Labute approximate surface area is 144 Å². The SMILES string of the molecule is COC(C)CN1C(=O)CCC(N2C(=O)c3cccc(N)c3C2=O)C1=O. The molecule has 8 heteroatoms. The number of hydrogen-bond donors (Lipinski definition) is 1. The number of nitrogens with zero attached hydrogens (tertiary/aromatic N) is 2. The maximum atomic E-state index is 12.8. The van der Waals surface area contributed by atoms with Gasteiger partial charge in [-0.3, -0.25) is 29.0 Å². The summed E-state index contributed by atoms with van der Waals surface area (Å²) >= 11 is 0. The monoisotopic (exact) mass is 345 g/mol. The van der Waals surface area contributed by atoms with Crippen LogP contribution in [-0.2, 0) is 14.3 Å². The summed E-state index contributed by atoms with van der Waals surface area (Å²) < 4.78 is 5.11. The number of hydrogen-bond acceptors (Lipinski definition) is 6. The lowest BCUT2D eigenvalue weighted by molar-refractivity contribution is -0.153.